The van der Waals surface area contributed by atoms with Crippen molar-refractivity contribution in [1.29, 1.82) is 5.26 Å². The zero-order valence-electron chi connectivity index (χ0n) is 21.6. The molecule has 1 unspecified atom stereocenters. The highest BCUT2D eigenvalue weighted by Gasteiger charge is 2.33. The number of thiocarbonyl (C=S) groups is 1. The Balaban J connectivity index is 2.04. The molecule has 2 aliphatic rings. The third-order valence-electron chi connectivity index (χ3n) is 6.88. The molecule has 2 fully saturated rings. The Bertz CT molecular complexity index is 1090. The van der Waals surface area contributed by atoms with Gasteiger partial charge in [-0.2, -0.15) is 5.26 Å². The molecule has 0 aliphatic carbocycles. The second kappa shape index (κ2) is 12.7. The van der Waals surface area contributed by atoms with Gasteiger partial charge in [-0.15, -0.1) is 0 Å². The summed E-state index contributed by atoms with van der Waals surface area (Å²) in [5.74, 6) is 1.29. The first-order valence-electron chi connectivity index (χ1n) is 13.0. The summed E-state index contributed by atoms with van der Waals surface area (Å²) in [4.78, 5) is 31.2. The Morgan fingerprint density at radius 2 is 1.89 bits per heavy atom. The Morgan fingerprint density at radius 3 is 2.54 bits per heavy atom. The molecule has 190 valence electrons. The topological polar surface area (TPSA) is 69.3 Å². The minimum Gasteiger partial charge on any atom is -0.357 e. The van der Waals surface area contributed by atoms with E-state index in [1.807, 2.05) is 19.9 Å². The lowest BCUT2D eigenvalue weighted by Gasteiger charge is -2.36. The zero-order valence-corrected chi connectivity index (χ0v) is 23.2. The predicted molar refractivity (Wildman–Crippen MR) is 150 cm³/mol. The van der Waals surface area contributed by atoms with Gasteiger partial charge in [-0.05, 0) is 50.2 Å². The van der Waals surface area contributed by atoms with Crippen molar-refractivity contribution in [3.63, 3.8) is 0 Å². The number of pyridine rings is 1. The first-order valence-corrected chi connectivity index (χ1v) is 14.2. The smallest absolute Gasteiger partial charge is 0.270 e. The van der Waals surface area contributed by atoms with E-state index >= 15 is 0 Å². The molecule has 35 heavy (non-hydrogen) atoms. The summed E-state index contributed by atoms with van der Waals surface area (Å²) in [6.07, 6.45) is 10.5. The number of amides is 1. The van der Waals surface area contributed by atoms with Crippen LogP contribution >= 0.6 is 24.0 Å². The molecule has 3 rings (SSSR count). The molecule has 8 heteroatoms. The van der Waals surface area contributed by atoms with Crippen molar-refractivity contribution in [1.82, 2.24) is 9.47 Å². The molecular weight excluding hydrogens is 476 g/mol. The number of carbonyl (C=O) groups excluding carboxylic acids is 1. The Kier molecular flexibility index (Phi) is 9.99. The quantitative estimate of drug-likeness (QED) is 0.222. The van der Waals surface area contributed by atoms with Crippen LogP contribution in [0.15, 0.2) is 9.70 Å². The molecule has 1 aromatic heterocycles. The minimum atomic E-state index is -0.239. The van der Waals surface area contributed by atoms with Crippen molar-refractivity contribution >= 4 is 46.1 Å². The standard InChI is InChI=1S/C27H38N4O2S2/c1-5-7-8-9-10-15-31-26(33)23(35-27(31)34)16-21-20(4)22(17-28)25(32)30(13-6-2)24(21)29-14-11-12-19(3)18-29/h16,19H,5-15,18H2,1-4H3/b23-16-. The maximum atomic E-state index is 13.3. The van der Waals surface area contributed by atoms with Crippen molar-refractivity contribution in [3.05, 3.63) is 31.9 Å². The van der Waals surface area contributed by atoms with E-state index in [1.165, 1.54) is 31.0 Å². The van der Waals surface area contributed by atoms with Crippen LogP contribution in [-0.4, -0.2) is 39.3 Å². The summed E-state index contributed by atoms with van der Waals surface area (Å²) < 4.78 is 2.34. The summed E-state index contributed by atoms with van der Waals surface area (Å²) >= 11 is 6.89. The fourth-order valence-electron chi connectivity index (χ4n) is 5.00. The highest BCUT2D eigenvalue weighted by molar-refractivity contribution is 8.26. The fraction of sp³-hybridized carbons (Fsp3) is 0.630. The second-order valence-corrected chi connectivity index (χ2v) is 11.4. The normalized spacial score (nSPS) is 19.6. The Morgan fingerprint density at radius 1 is 1.14 bits per heavy atom. The lowest BCUT2D eigenvalue weighted by molar-refractivity contribution is -0.122. The number of carbonyl (C=O) groups is 1. The van der Waals surface area contributed by atoms with Crippen molar-refractivity contribution < 1.29 is 4.79 Å². The predicted octanol–water partition coefficient (Wildman–Crippen LogP) is 5.85. The highest BCUT2D eigenvalue weighted by atomic mass is 32.2. The molecule has 1 amide bonds. The van der Waals surface area contributed by atoms with Crippen LogP contribution < -0.4 is 10.5 Å². The van der Waals surface area contributed by atoms with E-state index in [0.29, 0.717) is 33.8 Å². The molecule has 0 saturated carbocycles. The van der Waals surface area contributed by atoms with Gasteiger partial charge in [0.2, 0.25) is 0 Å². The number of piperidine rings is 1. The summed E-state index contributed by atoms with van der Waals surface area (Å²) in [6, 6.07) is 2.13. The van der Waals surface area contributed by atoms with Crippen LogP contribution in [0.25, 0.3) is 6.08 Å². The molecule has 2 aliphatic heterocycles. The van der Waals surface area contributed by atoms with Crippen LogP contribution in [0.5, 0.6) is 0 Å². The van der Waals surface area contributed by atoms with Crippen LogP contribution in [0.3, 0.4) is 0 Å². The van der Waals surface area contributed by atoms with E-state index in [9.17, 15) is 14.9 Å². The van der Waals surface area contributed by atoms with Crippen molar-refractivity contribution in [2.45, 2.75) is 85.6 Å². The molecule has 2 saturated heterocycles. The van der Waals surface area contributed by atoms with Crippen molar-refractivity contribution in [3.8, 4) is 6.07 Å². The van der Waals surface area contributed by atoms with Crippen LogP contribution in [0, 0.1) is 24.2 Å². The number of hydrogen-bond acceptors (Lipinski definition) is 6. The van der Waals surface area contributed by atoms with Gasteiger partial charge in [-0.25, -0.2) is 0 Å². The van der Waals surface area contributed by atoms with E-state index in [2.05, 4.69) is 24.8 Å². The monoisotopic (exact) mass is 514 g/mol. The number of thioether (sulfide) groups is 1. The van der Waals surface area contributed by atoms with Gasteiger partial charge in [-0.3, -0.25) is 19.1 Å². The molecule has 3 heterocycles. The molecular formula is C27H38N4O2S2. The number of aromatic nitrogens is 1. The van der Waals surface area contributed by atoms with Crippen LogP contribution in [0.2, 0.25) is 0 Å². The maximum Gasteiger partial charge on any atom is 0.270 e. The zero-order chi connectivity index (χ0) is 25.5. The van der Waals surface area contributed by atoms with Gasteiger partial charge >= 0.3 is 0 Å². The van der Waals surface area contributed by atoms with Crippen LogP contribution in [-0.2, 0) is 11.3 Å². The molecule has 0 bridgehead atoms. The molecule has 0 N–H and O–H groups in total. The molecule has 0 spiro atoms. The third-order valence-corrected chi connectivity index (χ3v) is 8.26. The molecule has 1 atom stereocenters. The minimum absolute atomic E-state index is 0.0698. The lowest BCUT2D eigenvalue weighted by Crippen LogP contribution is -2.40. The first-order chi connectivity index (χ1) is 16.8. The summed E-state index contributed by atoms with van der Waals surface area (Å²) in [6.45, 7) is 11.2. The molecule has 0 radical (unpaired) electrons. The summed E-state index contributed by atoms with van der Waals surface area (Å²) in [5, 5.41) is 9.82. The largest absolute Gasteiger partial charge is 0.357 e. The van der Waals surface area contributed by atoms with E-state index in [1.54, 1.807) is 9.47 Å². The van der Waals surface area contributed by atoms with E-state index in [-0.39, 0.29) is 17.0 Å². The van der Waals surface area contributed by atoms with Gasteiger partial charge in [0.05, 0.1) is 4.91 Å². The second-order valence-electron chi connectivity index (χ2n) is 9.75. The SMILES string of the molecule is CCCCCCCN1C(=O)/C(=C/c2c(C)c(C#N)c(=O)n(CCC)c2N2CCCC(C)C2)SC1=S. The van der Waals surface area contributed by atoms with Gasteiger partial charge in [0, 0.05) is 31.7 Å². The molecule has 0 aromatic carbocycles. The van der Waals surface area contributed by atoms with Gasteiger partial charge in [0.25, 0.3) is 11.5 Å². The number of nitriles is 1. The van der Waals surface area contributed by atoms with Gasteiger partial charge in [0.15, 0.2) is 0 Å². The van der Waals surface area contributed by atoms with Crippen molar-refractivity contribution in [2.24, 2.45) is 5.92 Å². The fourth-order valence-corrected chi connectivity index (χ4v) is 6.29. The number of unbranched alkanes of at least 4 members (excludes halogenated alkanes) is 4. The van der Waals surface area contributed by atoms with Gasteiger partial charge in [0.1, 0.15) is 21.8 Å². The average molecular weight is 515 g/mol. The molecule has 6 nitrogen and oxygen atoms in total. The number of anilines is 1. The van der Waals surface area contributed by atoms with Crippen LogP contribution in [0.4, 0.5) is 5.82 Å². The van der Waals surface area contributed by atoms with E-state index in [4.69, 9.17) is 12.2 Å². The third kappa shape index (κ3) is 6.18. The first kappa shape index (κ1) is 27.5. The highest BCUT2D eigenvalue weighted by Crippen LogP contribution is 2.37. The number of nitrogens with zero attached hydrogens (tertiary/aromatic N) is 4. The number of rotatable bonds is 10. The average Bonchev–Trinajstić information content (AvgIpc) is 3.09. The number of hydrogen-bond donors (Lipinski definition) is 0. The van der Waals surface area contributed by atoms with Gasteiger partial charge < -0.3 is 4.90 Å². The van der Waals surface area contributed by atoms with Gasteiger partial charge in [-0.1, -0.05) is 70.4 Å². The van der Waals surface area contributed by atoms with Crippen LogP contribution in [0.1, 0.15) is 88.8 Å². The van der Waals surface area contributed by atoms with E-state index < -0.39 is 0 Å². The lowest BCUT2D eigenvalue weighted by atomic mass is 9.98. The maximum absolute atomic E-state index is 13.3. The molecule has 1 aromatic rings. The summed E-state index contributed by atoms with van der Waals surface area (Å²) in [7, 11) is 0. The van der Waals surface area contributed by atoms with Crippen molar-refractivity contribution in [2.75, 3.05) is 24.5 Å². The Labute approximate surface area is 219 Å². The summed E-state index contributed by atoms with van der Waals surface area (Å²) in [5.41, 5.74) is 1.36. The van der Waals surface area contributed by atoms with E-state index in [0.717, 1.165) is 56.6 Å². The Hall–Kier alpha value is -2.11.